The number of hydrogen-bond donors (Lipinski definition) is 2. The third kappa shape index (κ3) is 5.70. The molecule has 0 saturated carbocycles. The number of sulfonamides is 1. The first-order chi connectivity index (χ1) is 9.49. The highest BCUT2D eigenvalue weighted by atomic mass is 32.2. The van der Waals surface area contributed by atoms with E-state index in [-0.39, 0.29) is 24.0 Å². The summed E-state index contributed by atoms with van der Waals surface area (Å²) in [5.74, 6) is 1.73. The van der Waals surface area contributed by atoms with Gasteiger partial charge in [-0.3, -0.25) is 0 Å². The maximum absolute atomic E-state index is 12.1. The van der Waals surface area contributed by atoms with Crippen LogP contribution in [0.2, 0.25) is 0 Å². The van der Waals surface area contributed by atoms with E-state index in [1.807, 2.05) is 13.2 Å². The van der Waals surface area contributed by atoms with Crippen molar-refractivity contribution in [2.45, 2.75) is 11.8 Å². The van der Waals surface area contributed by atoms with Crippen LogP contribution in [0.5, 0.6) is 5.75 Å². The number of rotatable bonds is 9. The van der Waals surface area contributed by atoms with Crippen LogP contribution in [0.1, 0.15) is 6.92 Å². The molecule has 0 aromatic heterocycles. The first kappa shape index (κ1) is 17.3. The molecule has 2 N–H and O–H groups in total. The zero-order valence-corrected chi connectivity index (χ0v) is 13.3. The number of benzene rings is 1. The highest BCUT2D eigenvalue weighted by Gasteiger charge is 2.15. The largest absolute Gasteiger partial charge is 0.491 e. The summed E-state index contributed by atoms with van der Waals surface area (Å²) in [6, 6.07) is 6.15. The van der Waals surface area contributed by atoms with Gasteiger partial charge in [-0.15, -0.1) is 0 Å². The van der Waals surface area contributed by atoms with Crippen molar-refractivity contribution in [3.63, 3.8) is 0 Å². The minimum atomic E-state index is -3.48. The lowest BCUT2D eigenvalue weighted by molar-refractivity contribution is 0.201. The molecule has 1 atom stereocenters. The third-order valence-corrected chi connectivity index (χ3v) is 4.91. The molecule has 0 spiro atoms. The number of aliphatic hydroxyl groups is 1. The van der Waals surface area contributed by atoms with Gasteiger partial charge in [0.1, 0.15) is 12.4 Å². The maximum Gasteiger partial charge on any atom is 0.240 e. The molecule has 1 aromatic rings. The van der Waals surface area contributed by atoms with E-state index in [0.29, 0.717) is 12.3 Å². The number of aliphatic hydroxyl groups excluding tert-OH is 1. The Kier molecular flexibility index (Phi) is 7.36. The number of ether oxygens (including phenoxy) is 1. The summed E-state index contributed by atoms with van der Waals surface area (Å²) in [6.45, 7) is 2.54. The number of nitrogens with one attached hydrogen (secondary N) is 1. The molecule has 1 unspecified atom stereocenters. The Morgan fingerprint density at radius 3 is 2.55 bits per heavy atom. The van der Waals surface area contributed by atoms with Gasteiger partial charge in [-0.1, -0.05) is 6.92 Å². The third-order valence-electron chi connectivity index (χ3n) is 2.57. The zero-order chi connectivity index (χ0) is 15.0. The molecule has 0 fully saturated rings. The van der Waals surface area contributed by atoms with E-state index in [9.17, 15) is 8.42 Å². The van der Waals surface area contributed by atoms with Gasteiger partial charge in [0.2, 0.25) is 10.0 Å². The first-order valence-corrected chi connectivity index (χ1v) is 9.19. The monoisotopic (exact) mass is 319 g/mol. The molecule has 20 heavy (non-hydrogen) atoms. The normalized spacial score (nSPS) is 13.2. The Morgan fingerprint density at radius 1 is 1.35 bits per heavy atom. The first-order valence-electron chi connectivity index (χ1n) is 6.32. The Balaban J connectivity index is 2.63. The van der Waals surface area contributed by atoms with E-state index in [2.05, 4.69) is 4.72 Å². The standard InChI is InChI=1S/C13H21NO4S2/c1-11(10-19-2)9-14-20(16,17)13-5-3-12(4-6-13)18-8-7-15/h3-6,11,14-15H,7-10H2,1-2H3. The molecule has 114 valence electrons. The fourth-order valence-corrected chi connectivity index (χ4v) is 3.41. The van der Waals surface area contributed by atoms with Crippen LogP contribution < -0.4 is 9.46 Å². The van der Waals surface area contributed by atoms with E-state index in [1.54, 1.807) is 23.9 Å². The summed E-state index contributed by atoms with van der Waals surface area (Å²) in [4.78, 5) is 0.213. The van der Waals surface area contributed by atoms with Crippen LogP contribution in [0.25, 0.3) is 0 Å². The second-order valence-electron chi connectivity index (χ2n) is 4.46. The SMILES string of the molecule is CSCC(C)CNS(=O)(=O)c1ccc(OCCO)cc1. The summed E-state index contributed by atoms with van der Waals surface area (Å²) in [6.07, 6.45) is 2.00. The van der Waals surface area contributed by atoms with Crippen LogP contribution in [0, 0.1) is 5.92 Å². The Morgan fingerprint density at radius 2 is 2.00 bits per heavy atom. The van der Waals surface area contributed by atoms with Gasteiger partial charge in [-0.25, -0.2) is 13.1 Å². The van der Waals surface area contributed by atoms with Crippen molar-refractivity contribution in [2.24, 2.45) is 5.92 Å². The van der Waals surface area contributed by atoms with Crippen LogP contribution >= 0.6 is 11.8 Å². The molecular weight excluding hydrogens is 298 g/mol. The molecule has 0 aliphatic heterocycles. The van der Waals surface area contributed by atoms with Crippen molar-refractivity contribution in [2.75, 3.05) is 31.8 Å². The molecule has 7 heteroatoms. The Hall–Kier alpha value is -0.760. The molecule has 1 rings (SSSR count). The lowest BCUT2D eigenvalue weighted by atomic mass is 10.2. The summed E-state index contributed by atoms with van der Waals surface area (Å²) < 4.78 is 31.9. The topological polar surface area (TPSA) is 75.6 Å². The molecule has 5 nitrogen and oxygen atoms in total. The van der Waals surface area contributed by atoms with E-state index >= 15 is 0 Å². The predicted octanol–water partition coefficient (Wildman–Crippen LogP) is 1.34. The smallest absolute Gasteiger partial charge is 0.240 e. The van der Waals surface area contributed by atoms with Crippen LogP contribution in [-0.4, -0.2) is 45.3 Å². The van der Waals surface area contributed by atoms with Gasteiger partial charge in [0.25, 0.3) is 0 Å². The molecule has 0 heterocycles. The van der Waals surface area contributed by atoms with Crippen molar-refractivity contribution in [1.29, 1.82) is 0 Å². The van der Waals surface area contributed by atoms with Crippen molar-refractivity contribution in [1.82, 2.24) is 4.72 Å². The van der Waals surface area contributed by atoms with Gasteiger partial charge in [0, 0.05) is 6.54 Å². The van der Waals surface area contributed by atoms with E-state index < -0.39 is 10.0 Å². The van der Waals surface area contributed by atoms with E-state index in [4.69, 9.17) is 9.84 Å². The average Bonchev–Trinajstić information content (AvgIpc) is 2.44. The molecule has 0 bridgehead atoms. The van der Waals surface area contributed by atoms with Gasteiger partial charge >= 0.3 is 0 Å². The van der Waals surface area contributed by atoms with Crippen molar-refractivity contribution in [3.05, 3.63) is 24.3 Å². The highest BCUT2D eigenvalue weighted by molar-refractivity contribution is 7.98. The Bertz CT molecular complexity index is 488. The number of thioether (sulfide) groups is 1. The maximum atomic E-state index is 12.1. The average molecular weight is 319 g/mol. The van der Waals surface area contributed by atoms with E-state index in [0.717, 1.165) is 5.75 Å². The van der Waals surface area contributed by atoms with Gasteiger partial charge in [0.15, 0.2) is 0 Å². The summed E-state index contributed by atoms with van der Waals surface area (Å²) in [5.41, 5.74) is 0. The minimum absolute atomic E-state index is 0.0745. The molecule has 1 aromatic carbocycles. The van der Waals surface area contributed by atoms with Gasteiger partial charge < -0.3 is 9.84 Å². The molecule has 0 aliphatic rings. The van der Waals surface area contributed by atoms with Crippen molar-refractivity contribution < 1.29 is 18.3 Å². The van der Waals surface area contributed by atoms with Crippen LogP contribution in [0.15, 0.2) is 29.2 Å². The molecule has 0 radical (unpaired) electrons. The van der Waals surface area contributed by atoms with Crippen LogP contribution in [0.3, 0.4) is 0 Å². The lowest BCUT2D eigenvalue weighted by Crippen LogP contribution is -2.29. The minimum Gasteiger partial charge on any atom is -0.491 e. The van der Waals surface area contributed by atoms with Crippen LogP contribution in [-0.2, 0) is 10.0 Å². The Labute approximate surface area is 124 Å². The fraction of sp³-hybridized carbons (Fsp3) is 0.538. The zero-order valence-electron chi connectivity index (χ0n) is 11.7. The molecule has 0 saturated heterocycles. The second-order valence-corrected chi connectivity index (χ2v) is 7.13. The summed E-state index contributed by atoms with van der Waals surface area (Å²) >= 11 is 1.69. The van der Waals surface area contributed by atoms with Crippen LogP contribution in [0.4, 0.5) is 0 Å². The molecule has 0 aliphatic carbocycles. The van der Waals surface area contributed by atoms with Gasteiger partial charge in [0.05, 0.1) is 11.5 Å². The summed E-state index contributed by atoms with van der Waals surface area (Å²) in [7, 11) is -3.48. The van der Waals surface area contributed by atoms with Crippen molar-refractivity contribution in [3.8, 4) is 5.75 Å². The molecular formula is C13H21NO4S2. The second kappa shape index (κ2) is 8.51. The lowest BCUT2D eigenvalue weighted by Gasteiger charge is -2.12. The van der Waals surface area contributed by atoms with Crippen molar-refractivity contribution >= 4 is 21.8 Å². The molecule has 0 amide bonds. The highest BCUT2D eigenvalue weighted by Crippen LogP contribution is 2.16. The van der Waals surface area contributed by atoms with Gasteiger partial charge in [-0.2, -0.15) is 11.8 Å². The predicted molar refractivity (Wildman–Crippen MR) is 81.8 cm³/mol. The van der Waals surface area contributed by atoms with E-state index in [1.165, 1.54) is 12.1 Å². The fourth-order valence-electron chi connectivity index (χ4n) is 1.56. The summed E-state index contributed by atoms with van der Waals surface area (Å²) in [5, 5.41) is 8.64. The number of hydrogen-bond acceptors (Lipinski definition) is 5. The van der Waals surface area contributed by atoms with Gasteiger partial charge in [-0.05, 0) is 42.2 Å². The quantitative estimate of drug-likeness (QED) is 0.718.